The van der Waals surface area contributed by atoms with Crippen molar-refractivity contribution in [3.8, 4) is 0 Å². The van der Waals surface area contributed by atoms with E-state index in [1.807, 2.05) is 0 Å². The van der Waals surface area contributed by atoms with E-state index >= 15 is 0 Å². The molecule has 0 aliphatic rings. The molecule has 0 aliphatic carbocycles. The third-order valence-electron chi connectivity index (χ3n) is 5.82. The molecule has 1 N–H and O–H groups in total. The highest BCUT2D eigenvalue weighted by molar-refractivity contribution is 5.69. The van der Waals surface area contributed by atoms with Crippen molar-refractivity contribution in [2.45, 2.75) is 136 Å². The number of esters is 1. The van der Waals surface area contributed by atoms with E-state index in [4.69, 9.17) is 9.84 Å². The number of rotatable bonds is 24. The van der Waals surface area contributed by atoms with E-state index in [-0.39, 0.29) is 18.5 Å². The van der Waals surface area contributed by atoms with E-state index in [9.17, 15) is 9.59 Å². The van der Waals surface area contributed by atoms with Crippen molar-refractivity contribution in [1.82, 2.24) is 0 Å². The van der Waals surface area contributed by atoms with Crippen LogP contribution in [0.25, 0.3) is 0 Å². The Morgan fingerprint density at radius 1 is 0.657 bits per heavy atom. The van der Waals surface area contributed by atoms with Crippen LogP contribution in [0.3, 0.4) is 0 Å². The predicted octanol–water partition coefficient (Wildman–Crippen LogP) is 9.27. The third kappa shape index (κ3) is 26.3. The van der Waals surface area contributed by atoms with Gasteiger partial charge in [-0.2, -0.15) is 0 Å². The lowest BCUT2D eigenvalue weighted by Gasteiger charge is -2.18. The van der Waals surface area contributed by atoms with Crippen molar-refractivity contribution in [3.63, 3.8) is 0 Å². The molecule has 0 aliphatic heterocycles. The molecule has 0 aromatic carbocycles. The van der Waals surface area contributed by atoms with Crippen LogP contribution in [0.1, 0.15) is 129 Å². The van der Waals surface area contributed by atoms with Crippen LogP contribution in [0.5, 0.6) is 0 Å². The maximum absolute atomic E-state index is 12.3. The molecule has 0 bridgehead atoms. The molecule has 0 saturated heterocycles. The number of carboxylic acid groups (broad SMARTS) is 1. The van der Waals surface area contributed by atoms with Crippen molar-refractivity contribution in [3.05, 3.63) is 48.6 Å². The molecule has 4 heteroatoms. The van der Waals surface area contributed by atoms with Crippen molar-refractivity contribution in [2.75, 3.05) is 0 Å². The van der Waals surface area contributed by atoms with Gasteiger partial charge in [-0.15, -0.1) is 0 Å². The Bertz CT molecular complexity index is 615. The fourth-order valence-electron chi connectivity index (χ4n) is 3.76. The second-order valence-corrected chi connectivity index (χ2v) is 9.20. The lowest BCUT2D eigenvalue weighted by atomic mass is 10.0. The van der Waals surface area contributed by atoms with Gasteiger partial charge in [0.25, 0.3) is 0 Å². The summed E-state index contributed by atoms with van der Waals surface area (Å²) in [7, 11) is 0. The molecule has 0 amide bonds. The van der Waals surface area contributed by atoms with Gasteiger partial charge in [-0.25, -0.2) is 0 Å². The highest BCUT2D eigenvalue weighted by atomic mass is 16.5. The Hall–Kier alpha value is -2.10. The van der Waals surface area contributed by atoms with Gasteiger partial charge in [0.15, 0.2) is 0 Å². The molecule has 1 atom stereocenters. The lowest BCUT2D eigenvalue weighted by Crippen LogP contribution is -2.18. The molecular formula is C31H52O4. The van der Waals surface area contributed by atoms with Gasteiger partial charge >= 0.3 is 11.9 Å². The van der Waals surface area contributed by atoms with Crippen molar-refractivity contribution in [1.29, 1.82) is 0 Å². The topological polar surface area (TPSA) is 63.6 Å². The van der Waals surface area contributed by atoms with Crippen LogP contribution in [0.4, 0.5) is 0 Å². The van der Waals surface area contributed by atoms with Gasteiger partial charge < -0.3 is 9.84 Å². The first-order valence-electron chi connectivity index (χ1n) is 14.1. The van der Waals surface area contributed by atoms with E-state index in [1.165, 1.54) is 19.3 Å². The molecule has 4 nitrogen and oxygen atoms in total. The number of ether oxygens (including phenoxy) is 1. The zero-order valence-electron chi connectivity index (χ0n) is 22.6. The first kappa shape index (κ1) is 32.9. The number of carbonyl (C=O) groups is 2. The smallest absolute Gasteiger partial charge is 0.306 e. The van der Waals surface area contributed by atoms with Crippen LogP contribution in [0, 0.1) is 0 Å². The third-order valence-corrected chi connectivity index (χ3v) is 5.82. The number of allylic oxidation sites excluding steroid dienone is 8. The largest absolute Gasteiger partial charge is 0.481 e. The Balaban J connectivity index is 3.96. The Kier molecular flexibility index (Phi) is 24.9. The van der Waals surface area contributed by atoms with E-state index in [0.29, 0.717) is 12.8 Å². The molecule has 200 valence electrons. The number of unbranched alkanes of at least 4 members (excludes halogenated alkanes) is 7. The maximum atomic E-state index is 12.3. The summed E-state index contributed by atoms with van der Waals surface area (Å²) in [6.45, 7) is 4.34. The summed E-state index contributed by atoms with van der Waals surface area (Å²) in [6, 6.07) is 0. The monoisotopic (exact) mass is 488 g/mol. The zero-order valence-corrected chi connectivity index (χ0v) is 22.6. The van der Waals surface area contributed by atoms with Crippen LogP contribution >= 0.6 is 0 Å². The van der Waals surface area contributed by atoms with Crippen LogP contribution in [-0.2, 0) is 14.3 Å². The standard InChI is InChI=1S/C31H52O4/c1-3-5-7-9-10-11-12-13-14-15-16-17-18-19-24-28-31(34)35-29(25-21-8-6-4-2)26-22-20-23-27-30(32)33/h5,7,10-11,13-14,16-17,29H,3-4,6,8-9,12,15,18-28H2,1-2H3,(H,32,33)/b7-5-,11-10-,14-13-,17-16-. The summed E-state index contributed by atoms with van der Waals surface area (Å²) < 4.78 is 5.79. The Labute approximate surface area is 215 Å². The first-order chi connectivity index (χ1) is 17.1. The average molecular weight is 489 g/mol. The minimum absolute atomic E-state index is 0.0153. The number of aliphatic carboxylic acids is 1. The van der Waals surface area contributed by atoms with Gasteiger partial charge in [0.1, 0.15) is 6.10 Å². The van der Waals surface area contributed by atoms with Gasteiger partial charge in [-0.1, -0.05) is 88.1 Å². The summed E-state index contributed by atoms with van der Waals surface area (Å²) in [6.07, 6.45) is 34.1. The molecule has 0 aromatic heterocycles. The van der Waals surface area contributed by atoms with Gasteiger partial charge in [0.05, 0.1) is 0 Å². The van der Waals surface area contributed by atoms with E-state index in [0.717, 1.165) is 77.0 Å². The Morgan fingerprint density at radius 2 is 1.20 bits per heavy atom. The minimum Gasteiger partial charge on any atom is -0.481 e. The molecule has 0 heterocycles. The number of carboxylic acids is 1. The van der Waals surface area contributed by atoms with Crippen LogP contribution in [0.2, 0.25) is 0 Å². The maximum Gasteiger partial charge on any atom is 0.306 e. The summed E-state index contributed by atoms with van der Waals surface area (Å²) in [4.78, 5) is 23.0. The number of hydrogen-bond acceptors (Lipinski definition) is 3. The summed E-state index contributed by atoms with van der Waals surface area (Å²) >= 11 is 0. The molecular weight excluding hydrogens is 436 g/mol. The molecule has 0 aromatic rings. The van der Waals surface area contributed by atoms with Gasteiger partial charge in [0.2, 0.25) is 0 Å². The van der Waals surface area contributed by atoms with E-state index in [2.05, 4.69) is 62.5 Å². The first-order valence-corrected chi connectivity index (χ1v) is 14.1. The molecule has 0 spiro atoms. The predicted molar refractivity (Wildman–Crippen MR) is 149 cm³/mol. The fourth-order valence-corrected chi connectivity index (χ4v) is 3.76. The molecule has 0 fully saturated rings. The zero-order chi connectivity index (χ0) is 25.8. The molecule has 0 saturated carbocycles. The van der Waals surface area contributed by atoms with Crippen molar-refractivity contribution in [2.24, 2.45) is 0 Å². The number of carbonyl (C=O) groups excluding carboxylic acids is 1. The molecule has 0 rings (SSSR count). The normalized spacial score (nSPS) is 13.0. The highest BCUT2D eigenvalue weighted by Gasteiger charge is 2.14. The summed E-state index contributed by atoms with van der Waals surface area (Å²) in [5, 5.41) is 8.76. The molecule has 0 radical (unpaired) electrons. The van der Waals surface area contributed by atoms with Crippen molar-refractivity contribution < 1.29 is 19.4 Å². The lowest BCUT2D eigenvalue weighted by molar-refractivity contribution is -0.150. The second kappa shape index (κ2) is 26.5. The van der Waals surface area contributed by atoms with E-state index in [1.54, 1.807) is 0 Å². The van der Waals surface area contributed by atoms with E-state index < -0.39 is 5.97 Å². The van der Waals surface area contributed by atoms with Crippen LogP contribution in [-0.4, -0.2) is 23.1 Å². The fraction of sp³-hybridized carbons (Fsp3) is 0.677. The second-order valence-electron chi connectivity index (χ2n) is 9.20. The number of hydrogen-bond donors (Lipinski definition) is 1. The molecule has 1 unspecified atom stereocenters. The van der Waals surface area contributed by atoms with Crippen LogP contribution in [0.15, 0.2) is 48.6 Å². The summed E-state index contributed by atoms with van der Waals surface area (Å²) in [5.74, 6) is -0.820. The summed E-state index contributed by atoms with van der Waals surface area (Å²) in [5.41, 5.74) is 0. The SMILES string of the molecule is CC/C=C\C/C=C\C/C=C\C/C=C\CCCCC(=O)OC(CCCCCC)CCCCCC(=O)O. The molecule has 35 heavy (non-hydrogen) atoms. The van der Waals surface area contributed by atoms with Crippen molar-refractivity contribution >= 4 is 11.9 Å². The average Bonchev–Trinajstić information content (AvgIpc) is 2.83. The Morgan fingerprint density at radius 3 is 1.77 bits per heavy atom. The van der Waals surface area contributed by atoms with Crippen LogP contribution < -0.4 is 0 Å². The highest BCUT2D eigenvalue weighted by Crippen LogP contribution is 2.17. The van der Waals surface area contributed by atoms with Gasteiger partial charge in [-0.3, -0.25) is 9.59 Å². The quantitative estimate of drug-likeness (QED) is 0.0835. The van der Waals surface area contributed by atoms with Gasteiger partial charge in [-0.05, 0) is 77.0 Å². The minimum atomic E-state index is -0.738. The van der Waals surface area contributed by atoms with Gasteiger partial charge in [0, 0.05) is 12.8 Å².